The summed E-state index contributed by atoms with van der Waals surface area (Å²) in [4.78, 5) is 0. The minimum Gasteiger partial charge on any atom is -0.359 e. The molecule has 0 fully saturated rings. The molecule has 1 aliphatic carbocycles. The van der Waals surface area contributed by atoms with Crippen molar-refractivity contribution in [2.45, 2.75) is 24.1 Å². The van der Waals surface area contributed by atoms with E-state index in [0.717, 1.165) is 5.57 Å². The Balaban J connectivity index is 2.09. The van der Waals surface area contributed by atoms with Crippen LogP contribution >= 0.6 is 0 Å². The lowest BCUT2D eigenvalue weighted by molar-refractivity contribution is -0.0550. The second-order valence-electron chi connectivity index (χ2n) is 5.29. The summed E-state index contributed by atoms with van der Waals surface area (Å²) in [7, 11) is 0. The standard InChI is InChI=1S/C14H18N4O/c1-10-9-12(15)7-8-13(10,16)18-14(19,17-12)11-5-3-2-4-6-11/h2-9,17-19H,15-16H2,1H3. The maximum atomic E-state index is 10.9. The van der Waals surface area contributed by atoms with E-state index in [-0.39, 0.29) is 0 Å². The molecule has 2 aliphatic heterocycles. The Hall–Kier alpha value is -1.50. The lowest BCUT2D eigenvalue weighted by Gasteiger charge is -2.37. The molecule has 1 aromatic rings. The van der Waals surface area contributed by atoms with Crippen LogP contribution in [0.5, 0.6) is 0 Å². The highest BCUT2D eigenvalue weighted by molar-refractivity contribution is 5.41. The predicted octanol–water partition coefficient (Wildman–Crippen LogP) is -0.192. The number of benzene rings is 1. The van der Waals surface area contributed by atoms with Crippen molar-refractivity contribution in [1.82, 2.24) is 10.6 Å². The second-order valence-corrected chi connectivity index (χ2v) is 5.29. The van der Waals surface area contributed by atoms with Gasteiger partial charge in [0.1, 0.15) is 11.3 Å². The third-order valence-electron chi connectivity index (χ3n) is 3.71. The Labute approximate surface area is 112 Å². The van der Waals surface area contributed by atoms with Crippen LogP contribution in [0.2, 0.25) is 0 Å². The van der Waals surface area contributed by atoms with Crippen molar-refractivity contribution >= 4 is 0 Å². The number of hydrogen-bond donors (Lipinski definition) is 5. The second kappa shape index (κ2) is 3.75. The summed E-state index contributed by atoms with van der Waals surface area (Å²) >= 11 is 0. The van der Waals surface area contributed by atoms with Gasteiger partial charge in [-0.1, -0.05) is 30.3 Å². The van der Waals surface area contributed by atoms with Gasteiger partial charge in [-0.2, -0.15) is 0 Å². The molecule has 3 aliphatic rings. The number of nitrogens with one attached hydrogen (secondary N) is 2. The summed E-state index contributed by atoms with van der Waals surface area (Å²) in [5.74, 6) is -1.50. The minimum absolute atomic E-state index is 0.659. The van der Waals surface area contributed by atoms with E-state index < -0.39 is 17.2 Å². The first-order chi connectivity index (χ1) is 8.85. The molecule has 3 unspecified atom stereocenters. The summed E-state index contributed by atoms with van der Waals surface area (Å²) < 4.78 is 0. The number of aliphatic hydroxyl groups is 1. The van der Waals surface area contributed by atoms with Gasteiger partial charge >= 0.3 is 0 Å². The van der Waals surface area contributed by atoms with E-state index in [1.807, 2.05) is 43.3 Å². The Bertz CT molecular complexity index is 570. The van der Waals surface area contributed by atoms with Crippen molar-refractivity contribution in [3.05, 3.63) is 59.7 Å². The Morgan fingerprint density at radius 1 is 1.05 bits per heavy atom. The van der Waals surface area contributed by atoms with Crippen LogP contribution in [-0.4, -0.2) is 16.4 Å². The monoisotopic (exact) mass is 258 g/mol. The van der Waals surface area contributed by atoms with Gasteiger partial charge in [0.2, 0.25) is 5.85 Å². The van der Waals surface area contributed by atoms with Crippen LogP contribution in [0.15, 0.2) is 54.1 Å². The van der Waals surface area contributed by atoms with Gasteiger partial charge in [-0.25, -0.2) is 10.6 Å². The zero-order valence-electron chi connectivity index (χ0n) is 10.7. The average molecular weight is 258 g/mol. The molecule has 1 aromatic carbocycles. The van der Waals surface area contributed by atoms with Gasteiger partial charge in [0.05, 0.1) is 0 Å². The summed E-state index contributed by atoms with van der Waals surface area (Å²) in [6.45, 7) is 1.89. The molecule has 7 N–H and O–H groups in total. The van der Waals surface area contributed by atoms with Crippen molar-refractivity contribution in [3.8, 4) is 0 Å². The van der Waals surface area contributed by atoms with Gasteiger partial charge in [-0.05, 0) is 30.7 Å². The predicted molar refractivity (Wildman–Crippen MR) is 73.3 cm³/mol. The normalized spacial score (nSPS) is 40.9. The molecular formula is C14H18N4O. The van der Waals surface area contributed by atoms with Crippen molar-refractivity contribution in [3.63, 3.8) is 0 Å². The SMILES string of the molecule is CC1=CC2(N)C=CC1(N)NC(O)(c1ccccc1)N2. The van der Waals surface area contributed by atoms with E-state index in [4.69, 9.17) is 11.5 Å². The maximum absolute atomic E-state index is 10.9. The smallest absolute Gasteiger partial charge is 0.203 e. The molecule has 2 bridgehead atoms. The molecule has 0 spiro atoms. The van der Waals surface area contributed by atoms with E-state index in [1.54, 1.807) is 12.2 Å². The molecule has 0 aromatic heterocycles. The fourth-order valence-electron chi connectivity index (χ4n) is 2.61. The van der Waals surface area contributed by atoms with Gasteiger partial charge in [0.15, 0.2) is 0 Å². The molecule has 0 amide bonds. The first-order valence-corrected chi connectivity index (χ1v) is 6.20. The third kappa shape index (κ3) is 1.92. The molecule has 5 nitrogen and oxygen atoms in total. The quantitative estimate of drug-likeness (QED) is 0.450. The number of hydrogen-bond acceptors (Lipinski definition) is 5. The minimum atomic E-state index is -1.50. The number of fused-ring (bicyclic) bond motifs is 2. The van der Waals surface area contributed by atoms with Crippen molar-refractivity contribution in [2.75, 3.05) is 0 Å². The number of nitrogens with two attached hydrogens (primary N) is 2. The Kier molecular flexibility index (Phi) is 2.47. The summed E-state index contributed by atoms with van der Waals surface area (Å²) in [5, 5.41) is 16.9. The fourth-order valence-corrected chi connectivity index (χ4v) is 2.61. The average Bonchev–Trinajstić information content (AvgIpc) is 2.51. The Morgan fingerprint density at radius 3 is 2.37 bits per heavy atom. The first-order valence-electron chi connectivity index (χ1n) is 6.20. The van der Waals surface area contributed by atoms with Crippen LogP contribution in [0.1, 0.15) is 12.5 Å². The largest absolute Gasteiger partial charge is 0.359 e. The first kappa shape index (κ1) is 12.5. The maximum Gasteiger partial charge on any atom is 0.203 e. The van der Waals surface area contributed by atoms with Crippen LogP contribution in [-0.2, 0) is 5.85 Å². The number of rotatable bonds is 1. The molecule has 0 saturated heterocycles. The van der Waals surface area contributed by atoms with Crippen LogP contribution < -0.4 is 22.1 Å². The zero-order valence-corrected chi connectivity index (χ0v) is 10.7. The van der Waals surface area contributed by atoms with Crippen LogP contribution in [0.3, 0.4) is 0 Å². The Morgan fingerprint density at radius 2 is 1.74 bits per heavy atom. The van der Waals surface area contributed by atoms with E-state index in [2.05, 4.69) is 10.6 Å². The van der Waals surface area contributed by atoms with Gasteiger partial charge in [-0.15, -0.1) is 0 Å². The van der Waals surface area contributed by atoms with Crippen LogP contribution in [0.25, 0.3) is 0 Å². The topological polar surface area (TPSA) is 96.3 Å². The molecule has 100 valence electrons. The fraction of sp³-hybridized carbons (Fsp3) is 0.286. The molecule has 0 saturated carbocycles. The highest BCUT2D eigenvalue weighted by atomic mass is 16.3. The lowest BCUT2D eigenvalue weighted by atomic mass is 9.91. The molecular weight excluding hydrogens is 240 g/mol. The highest BCUT2D eigenvalue weighted by Gasteiger charge is 2.47. The molecule has 4 rings (SSSR count). The van der Waals surface area contributed by atoms with Gasteiger partial charge in [0.25, 0.3) is 0 Å². The van der Waals surface area contributed by atoms with Gasteiger partial charge in [-0.3, -0.25) is 0 Å². The van der Waals surface area contributed by atoms with E-state index in [1.165, 1.54) is 0 Å². The van der Waals surface area contributed by atoms with Gasteiger partial charge < -0.3 is 16.6 Å². The van der Waals surface area contributed by atoms with Crippen molar-refractivity contribution < 1.29 is 5.11 Å². The third-order valence-corrected chi connectivity index (χ3v) is 3.71. The molecule has 0 radical (unpaired) electrons. The summed E-state index contributed by atoms with van der Waals surface area (Å²) in [6.07, 6.45) is 5.35. The van der Waals surface area contributed by atoms with Crippen molar-refractivity contribution in [2.24, 2.45) is 11.5 Å². The zero-order chi connectivity index (χ0) is 13.7. The highest BCUT2D eigenvalue weighted by Crippen LogP contribution is 2.32. The van der Waals surface area contributed by atoms with Crippen molar-refractivity contribution in [1.29, 1.82) is 0 Å². The van der Waals surface area contributed by atoms with Gasteiger partial charge in [0, 0.05) is 5.56 Å². The molecule has 19 heavy (non-hydrogen) atoms. The van der Waals surface area contributed by atoms with Crippen LogP contribution in [0.4, 0.5) is 0 Å². The van der Waals surface area contributed by atoms with Crippen LogP contribution in [0, 0.1) is 0 Å². The van der Waals surface area contributed by atoms with E-state index in [0.29, 0.717) is 5.56 Å². The summed E-state index contributed by atoms with van der Waals surface area (Å²) in [5.41, 5.74) is 12.2. The van der Waals surface area contributed by atoms with E-state index >= 15 is 0 Å². The molecule has 2 heterocycles. The molecule has 5 heteroatoms. The molecule has 3 atom stereocenters. The summed E-state index contributed by atoms with van der Waals surface area (Å²) in [6, 6.07) is 9.21. The lowest BCUT2D eigenvalue weighted by Crippen LogP contribution is -2.66. The van der Waals surface area contributed by atoms with E-state index in [9.17, 15) is 5.11 Å².